The Morgan fingerprint density at radius 3 is 2.90 bits per heavy atom. The first-order chi connectivity index (χ1) is 10.0. The number of aryl methyl sites for hydroxylation is 1. The van der Waals surface area contributed by atoms with Gasteiger partial charge in [-0.05, 0) is 19.4 Å². The third-order valence-electron chi connectivity index (χ3n) is 3.08. The number of allylic oxidation sites excluding steroid dienone is 1. The van der Waals surface area contributed by atoms with Crippen LogP contribution in [0, 0.1) is 18.3 Å². The topological polar surface area (TPSA) is 85.5 Å². The van der Waals surface area contributed by atoms with Crippen LogP contribution in [0.2, 0.25) is 0 Å². The summed E-state index contributed by atoms with van der Waals surface area (Å²) in [5.41, 5.74) is 2.68. The van der Waals surface area contributed by atoms with Gasteiger partial charge in [-0.15, -0.1) is 0 Å². The van der Waals surface area contributed by atoms with Crippen LogP contribution in [-0.2, 0) is 4.79 Å². The van der Waals surface area contributed by atoms with Crippen molar-refractivity contribution in [1.82, 2.24) is 5.32 Å². The van der Waals surface area contributed by atoms with Crippen LogP contribution in [0.25, 0.3) is 0 Å². The van der Waals surface area contributed by atoms with E-state index in [1.54, 1.807) is 6.92 Å². The number of hydrogen-bond acceptors (Lipinski definition) is 5. The molecule has 0 amide bonds. The van der Waals surface area contributed by atoms with E-state index in [1.165, 1.54) is 11.8 Å². The lowest BCUT2D eigenvalue weighted by Crippen LogP contribution is -2.29. The van der Waals surface area contributed by atoms with Gasteiger partial charge in [0.1, 0.15) is 6.04 Å². The summed E-state index contributed by atoms with van der Waals surface area (Å²) in [6.45, 7) is 3.67. The van der Waals surface area contributed by atoms with Crippen molar-refractivity contribution in [2.24, 2.45) is 4.99 Å². The third kappa shape index (κ3) is 3.44. The molecule has 1 aromatic rings. The highest BCUT2D eigenvalue weighted by atomic mass is 32.2. The number of aliphatic imine (C=N–C) groups is 1. The fraction of sp³-hybridized carbons (Fsp3) is 0.267. The zero-order valence-electron chi connectivity index (χ0n) is 11.8. The summed E-state index contributed by atoms with van der Waals surface area (Å²) in [6, 6.07) is 9.13. The SMILES string of the molecule is CC1=C(C(=O)O)C(c2cccc(C)c2)N=C(SCC#N)N1. The summed E-state index contributed by atoms with van der Waals surface area (Å²) in [5.74, 6) is -0.721. The van der Waals surface area contributed by atoms with Crippen LogP contribution < -0.4 is 5.32 Å². The van der Waals surface area contributed by atoms with E-state index >= 15 is 0 Å². The minimum Gasteiger partial charge on any atom is -0.478 e. The number of thioether (sulfide) groups is 1. The first kappa shape index (κ1) is 15.1. The largest absolute Gasteiger partial charge is 0.478 e. The minimum atomic E-state index is -0.986. The normalized spacial score (nSPS) is 17.8. The van der Waals surface area contributed by atoms with Crippen molar-refractivity contribution >= 4 is 22.9 Å². The summed E-state index contributed by atoms with van der Waals surface area (Å²) < 4.78 is 0. The fourth-order valence-electron chi connectivity index (χ4n) is 2.18. The first-order valence-corrected chi connectivity index (χ1v) is 7.36. The van der Waals surface area contributed by atoms with Crippen molar-refractivity contribution in [3.05, 3.63) is 46.7 Å². The van der Waals surface area contributed by atoms with Crippen LogP contribution in [0.1, 0.15) is 24.1 Å². The molecule has 0 radical (unpaired) electrons. The molecular formula is C15H15N3O2S. The lowest BCUT2D eigenvalue weighted by Gasteiger charge is -2.24. The molecule has 2 rings (SSSR count). The van der Waals surface area contributed by atoms with Gasteiger partial charge in [0.15, 0.2) is 5.17 Å². The van der Waals surface area contributed by atoms with Crippen LogP contribution in [0.15, 0.2) is 40.5 Å². The van der Waals surface area contributed by atoms with E-state index in [9.17, 15) is 9.90 Å². The van der Waals surface area contributed by atoms with E-state index in [-0.39, 0.29) is 11.3 Å². The van der Waals surface area contributed by atoms with E-state index < -0.39 is 12.0 Å². The molecule has 0 aliphatic carbocycles. The van der Waals surface area contributed by atoms with Gasteiger partial charge in [0.05, 0.1) is 17.4 Å². The molecular weight excluding hydrogens is 286 g/mol. The Kier molecular flexibility index (Phi) is 4.66. The standard InChI is InChI=1S/C15H15N3O2S/c1-9-4-3-5-11(8-9)13-12(14(19)20)10(2)17-15(18-13)21-7-6-16/h3-5,8,13H,7H2,1-2H3,(H,17,18)(H,19,20). The Bertz CT molecular complexity index is 674. The van der Waals surface area contributed by atoms with Gasteiger partial charge in [0.25, 0.3) is 0 Å². The molecule has 1 aliphatic heterocycles. The van der Waals surface area contributed by atoms with Crippen LogP contribution in [0.4, 0.5) is 0 Å². The van der Waals surface area contributed by atoms with Crippen molar-refractivity contribution in [3.63, 3.8) is 0 Å². The summed E-state index contributed by atoms with van der Waals surface area (Å²) in [5, 5.41) is 21.6. The summed E-state index contributed by atoms with van der Waals surface area (Å²) in [7, 11) is 0. The van der Waals surface area contributed by atoms with Gasteiger partial charge in [-0.1, -0.05) is 41.6 Å². The summed E-state index contributed by atoms with van der Waals surface area (Å²) in [6.07, 6.45) is 0. The predicted molar refractivity (Wildman–Crippen MR) is 82.9 cm³/mol. The van der Waals surface area contributed by atoms with E-state index in [0.717, 1.165) is 11.1 Å². The summed E-state index contributed by atoms with van der Waals surface area (Å²) in [4.78, 5) is 16.0. The van der Waals surface area contributed by atoms with Gasteiger partial charge in [-0.25, -0.2) is 9.79 Å². The van der Waals surface area contributed by atoms with Crippen LogP contribution in [0.3, 0.4) is 0 Å². The van der Waals surface area contributed by atoms with Crippen LogP contribution in [0.5, 0.6) is 0 Å². The third-order valence-corrected chi connectivity index (χ3v) is 3.83. The maximum Gasteiger partial charge on any atom is 0.335 e. The number of carboxylic acids is 1. The van der Waals surface area contributed by atoms with Crippen molar-refractivity contribution < 1.29 is 9.90 Å². The van der Waals surface area contributed by atoms with Crippen molar-refractivity contribution in [3.8, 4) is 6.07 Å². The zero-order valence-corrected chi connectivity index (χ0v) is 12.6. The average Bonchev–Trinajstić information content (AvgIpc) is 2.44. The molecule has 1 heterocycles. The lowest BCUT2D eigenvalue weighted by atomic mass is 9.95. The van der Waals surface area contributed by atoms with Gasteiger partial charge in [0, 0.05) is 5.70 Å². The Balaban J connectivity index is 2.44. The Morgan fingerprint density at radius 2 is 2.29 bits per heavy atom. The van der Waals surface area contributed by atoms with E-state index in [4.69, 9.17) is 5.26 Å². The second kappa shape index (κ2) is 6.46. The maximum absolute atomic E-state index is 11.5. The molecule has 5 nitrogen and oxygen atoms in total. The molecule has 0 saturated carbocycles. The molecule has 108 valence electrons. The fourth-order valence-corrected chi connectivity index (χ4v) is 2.79. The number of aliphatic carboxylic acids is 1. The Morgan fingerprint density at radius 1 is 1.52 bits per heavy atom. The number of rotatable bonds is 3. The zero-order chi connectivity index (χ0) is 15.4. The minimum absolute atomic E-state index is 0.238. The van der Waals surface area contributed by atoms with E-state index in [0.29, 0.717) is 10.9 Å². The Hall–Kier alpha value is -2.26. The van der Waals surface area contributed by atoms with Crippen molar-refractivity contribution in [2.75, 3.05) is 5.75 Å². The number of nitrogens with zero attached hydrogens (tertiary/aromatic N) is 2. The predicted octanol–water partition coefficient (Wildman–Crippen LogP) is 2.61. The number of nitrogens with one attached hydrogen (secondary N) is 1. The van der Waals surface area contributed by atoms with Crippen molar-refractivity contribution in [2.45, 2.75) is 19.9 Å². The molecule has 0 aromatic heterocycles. The molecule has 21 heavy (non-hydrogen) atoms. The number of amidine groups is 1. The van der Waals surface area contributed by atoms with E-state index in [1.807, 2.05) is 37.3 Å². The molecule has 1 aliphatic rings. The molecule has 6 heteroatoms. The highest BCUT2D eigenvalue weighted by Gasteiger charge is 2.29. The molecule has 0 spiro atoms. The highest BCUT2D eigenvalue weighted by molar-refractivity contribution is 8.14. The van der Waals surface area contributed by atoms with Gasteiger partial charge < -0.3 is 10.4 Å². The van der Waals surface area contributed by atoms with Gasteiger partial charge in [-0.3, -0.25) is 0 Å². The van der Waals surface area contributed by atoms with Crippen molar-refractivity contribution in [1.29, 1.82) is 5.26 Å². The number of hydrogen-bond donors (Lipinski definition) is 2. The lowest BCUT2D eigenvalue weighted by molar-refractivity contribution is -0.133. The second-order valence-electron chi connectivity index (χ2n) is 4.67. The smallest absolute Gasteiger partial charge is 0.335 e. The average molecular weight is 301 g/mol. The molecule has 2 N–H and O–H groups in total. The number of carbonyl (C=O) groups is 1. The number of nitriles is 1. The molecule has 1 aromatic carbocycles. The van der Waals surface area contributed by atoms with Crippen LogP contribution in [-0.4, -0.2) is 22.0 Å². The van der Waals surface area contributed by atoms with Gasteiger partial charge in [0.2, 0.25) is 0 Å². The number of benzene rings is 1. The first-order valence-electron chi connectivity index (χ1n) is 6.38. The molecule has 1 unspecified atom stereocenters. The monoisotopic (exact) mass is 301 g/mol. The van der Waals surface area contributed by atoms with Crippen LogP contribution >= 0.6 is 11.8 Å². The van der Waals surface area contributed by atoms with Gasteiger partial charge >= 0.3 is 5.97 Å². The quantitative estimate of drug-likeness (QED) is 0.896. The summed E-state index contributed by atoms with van der Waals surface area (Å²) >= 11 is 1.27. The Labute approximate surface area is 127 Å². The molecule has 0 fully saturated rings. The molecule has 0 saturated heterocycles. The molecule has 0 bridgehead atoms. The second-order valence-corrected chi connectivity index (χ2v) is 5.63. The number of carboxylic acid groups (broad SMARTS) is 1. The van der Waals surface area contributed by atoms with Gasteiger partial charge in [-0.2, -0.15) is 5.26 Å². The maximum atomic E-state index is 11.5. The van der Waals surface area contributed by atoms with E-state index in [2.05, 4.69) is 10.3 Å². The highest BCUT2D eigenvalue weighted by Crippen LogP contribution is 2.32. The molecule has 1 atom stereocenters.